The average Bonchev–Trinajstić information content (AvgIpc) is 2.58. The normalized spacial score (nSPS) is 14.6. The summed E-state index contributed by atoms with van der Waals surface area (Å²) in [6.07, 6.45) is 3.60. The number of carbonyl (C=O) groups is 1. The summed E-state index contributed by atoms with van der Waals surface area (Å²) in [4.78, 5) is 18.8. The Morgan fingerprint density at radius 1 is 1.04 bits per heavy atom. The second-order valence-corrected chi connectivity index (χ2v) is 6.28. The van der Waals surface area contributed by atoms with Crippen LogP contribution in [0.4, 0.5) is 11.4 Å². The van der Waals surface area contributed by atoms with Crippen molar-refractivity contribution in [1.82, 2.24) is 4.98 Å². The molecule has 0 spiro atoms. The van der Waals surface area contributed by atoms with Crippen LogP contribution in [0, 0.1) is 0 Å². The summed E-state index contributed by atoms with van der Waals surface area (Å²) in [5.74, 6) is -0.359. The van der Waals surface area contributed by atoms with Crippen molar-refractivity contribution in [3.63, 3.8) is 0 Å². The quantitative estimate of drug-likeness (QED) is 0.821. The summed E-state index contributed by atoms with van der Waals surface area (Å²) in [5.41, 5.74) is 1.92. The van der Waals surface area contributed by atoms with Gasteiger partial charge in [0.05, 0.1) is 16.4 Å². The van der Waals surface area contributed by atoms with Crippen LogP contribution in [0.1, 0.15) is 29.8 Å². The highest BCUT2D eigenvalue weighted by Gasteiger charge is 2.18. The van der Waals surface area contributed by atoms with E-state index in [1.807, 2.05) is 24.3 Å². The molecular formula is C17H17Cl2N3O. The van der Waals surface area contributed by atoms with E-state index in [-0.39, 0.29) is 21.8 Å². The molecule has 1 aromatic carbocycles. The number of anilines is 2. The molecule has 3 rings (SSSR count). The molecule has 0 atom stereocenters. The smallest absolute Gasteiger partial charge is 0.275 e. The van der Waals surface area contributed by atoms with Crippen LogP contribution in [0.15, 0.2) is 36.4 Å². The Morgan fingerprint density at radius 3 is 2.57 bits per heavy atom. The summed E-state index contributed by atoms with van der Waals surface area (Å²) >= 11 is 11.9. The number of benzene rings is 1. The molecule has 1 aromatic heterocycles. The highest BCUT2D eigenvalue weighted by atomic mass is 35.5. The molecule has 1 aliphatic heterocycles. The van der Waals surface area contributed by atoms with Crippen molar-refractivity contribution in [2.75, 3.05) is 23.3 Å². The van der Waals surface area contributed by atoms with Crippen molar-refractivity contribution in [2.45, 2.75) is 19.3 Å². The van der Waals surface area contributed by atoms with Gasteiger partial charge in [-0.3, -0.25) is 4.79 Å². The van der Waals surface area contributed by atoms with E-state index in [1.165, 1.54) is 19.3 Å². The number of rotatable bonds is 3. The summed E-state index contributed by atoms with van der Waals surface area (Å²) in [7, 11) is 0. The minimum Gasteiger partial charge on any atom is -0.370 e. The molecule has 0 saturated carbocycles. The van der Waals surface area contributed by atoms with Crippen molar-refractivity contribution >= 4 is 40.5 Å². The van der Waals surface area contributed by atoms with Crippen LogP contribution in [0.25, 0.3) is 0 Å². The monoisotopic (exact) mass is 349 g/mol. The number of nitrogens with zero attached hydrogens (tertiary/aromatic N) is 2. The van der Waals surface area contributed by atoms with Gasteiger partial charge in [-0.25, -0.2) is 4.98 Å². The van der Waals surface area contributed by atoms with Gasteiger partial charge in [-0.15, -0.1) is 0 Å². The molecule has 2 aromatic rings. The lowest BCUT2D eigenvalue weighted by Gasteiger charge is -2.30. The van der Waals surface area contributed by atoms with E-state index < -0.39 is 0 Å². The predicted molar refractivity (Wildman–Crippen MR) is 94.7 cm³/mol. The summed E-state index contributed by atoms with van der Waals surface area (Å²) in [5, 5.41) is 3.43. The zero-order valence-electron chi connectivity index (χ0n) is 12.6. The first-order valence-electron chi connectivity index (χ1n) is 7.62. The number of pyridine rings is 1. The highest BCUT2D eigenvalue weighted by molar-refractivity contribution is 6.35. The van der Waals surface area contributed by atoms with Crippen molar-refractivity contribution in [3.8, 4) is 0 Å². The van der Waals surface area contributed by atoms with Gasteiger partial charge in [0.25, 0.3) is 5.91 Å². The number of nitrogens with one attached hydrogen (secondary N) is 1. The van der Waals surface area contributed by atoms with E-state index in [4.69, 9.17) is 23.2 Å². The first-order chi connectivity index (χ1) is 11.1. The first-order valence-corrected chi connectivity index (χ1v) is 8.38. The third kappa shape index (κ3) is 3.77. The molecule has 1 aliphatic rings. The lowest BCUT2D eigenvalue weighted by atomic mass is 10.1. The van der Waals surface area contributed by atoms with E-state index in [0.717, 1.165) is 24.5 Å². The molecule has 2 heterocycles. The number of para-hydroxylation sites is 2. The molecule has 1 N–H and O–H groups in total. The van der Waals surface area contributed by atoms with Gasteiger partial charge < -0.3 is 10.2 Å². The molecule has 1 amide bonds. The Kier molecular flexibility index (Phi) is 5.03. The SMILES string of the molecule is O=C(Nc1ccccc1N1CCCCC1)c1nc(Cl)ccc1Cl. The number of piperidine rings is 1. The van der Waals surface area contributed by atoms with Gasteiger partial charge in [0.15, 0.2) is 0 Å². The Balaban J connectivity index is 1.85. The maximum Gasteiger partial charge on any atom is 0.275 e. The molecule has 1 saturated heterocycles. The number of hydrogen-bond acceptors (Lipinski definition) is 3. The number of carbonyl (C=O) groups excluding carboxylic acids is 1. The fraction of sp³-hybridized carbons (Fsp3) is 0.294. The van der Waals surface area contributed by atoms with Gasteiger partial charge in [0.1, 0.15) is 10.8 Å². The Bertz CT molecular complexity index is 715. The number of amides is 1. The second kappa shape index (κ2) is 7.20. The van der Waals surface area contributed by atoms with Crippen molar-refractivity contribution < 1.29 is 4.79 Å². The van der Waals surface area contributed by atoms with E-state index in [9.17, 15) is 4.79 Å². The highest BCUT2D eigenvalue weighted by Crippen LogP contribution is 2.29. The standard InChI is InChI=1S/C17H17Cl2N3O/c18-12-8-9-15(19)21-16(12)17(23)20-13-6-2-3-7-14(13)22-10-4-1-5-11-22/h2-3,6-9H,1,4-5,10-11H2,(H,20,23). The largest absolute Gasteiger partial charge is 0.370 e. The van der Waals surface area contributed by atoms with Gasteiger partial charge in [-0.1, -0.05) is 35.3 Å². The van der Waals surface area contributed by atoms with Crippen LogP contribution < -0.4 is 10.2 Å². The molecule has 4 nitrogen and oxygen atoms in total. The first kappa shape index (κ1) is 16.1. The molecular weight excluding hydrogens is 333 g/mol. The number of hydrogen-bond donors (Lipinski definition) is 1. The molecule has 0 radical (unpaired) electrons. The minimum atomic E-state index is -0.359. The molecule has 6 heteroatoms. The Hall–Kier alpha value is -1.78. The summed E-state index contributed by atoms with van der Waals surface area (Å²) < 4.78 is 0. The Labute approximate surface area is 145 Å². The molecule has 0 aliphatic carbocycles. The van der Waals surface area contributed by atoms with E-state index >= 15 is 0 Å². The van der Waals surface area contributed by atoms with Crippen LogP contribution in [0.3, 0.4) is 0 Å². The molecule has 120 valence electrons. The van der Waals surface area contributed by atoms with E-state index in [0.29, 0.717) is 0 Å². The molecule has 1 fully saturated rings. The lowest BCUT2D eigenvalue weighted by Crippen LogP contribution is -2.30. The van der Waals surface area contributed by atoms with Gasteiger partial charge in [0, 0.05) is 13.1 Å². The molecule has 0 unspecified atom stereocenters. The Morgan fingerprint density at radius 2 is 1.78 bits per heavy atom. The molecule has 23 heavy (non-hydrogen) atoms. The number of aromatic nitrogens is 1. The zero-order valence-corrected chi connectivity index (χ0v) is 14.1. The van der Waals surface area contributed by atoms with Crippen molar-refractivity contribution in [1.29, 1.82) is 0 Å². The van der Waals surface area contributed by atoms with Crippen LogP contribution in [0.5, 0.6) is 0 Å². The maximum atomic E-state index is 12.5. The zero-order chi connectivity index (χ0) is 16.2. The lowest BCUT2D eigenvalue weighted by molar-refractivity contribution is 0.102. The molecule has 0 bridgehead atoms. The van der Waals surface area contributed by atoms with Gasteiger partial charge in [-0.05, 0) is 43.5 Å². The number of halogens is 2. The van der Waals surface area contributed by atoms with Crippen LogP contribution >= 0.6 is 23.2 Å². The fourth-order valence-electron chi connectivity index (χ4n) is 2.75. The van der Waals surface area contributed by atoms with Crippen LogP contribution in [-0.4, -0.2) is 24.0 Å². The summed E-state index contributed by atoms with van der Waals surface area (Å²) in [6, 6.07) is 10.9. The van der Waals surface area contributed by atoms with Crippen molar-refractivity contribution in [3.05, 3.63) is 52.3 Å². The van der Waals surface area contributed by atoms with Crippen molar-refractivity contribution in [2.24, 2.45) is 0 Å². The average molecular weight is 350 g/mol. The predicted octanol–water partition coefficient (Wildman–Crippen LogP) is 4.63. The van der Waals surface area contributed by atoms with E-state index in [2.05, 4.69) is 15.2 Å². The third-order valence-corrected chi connectivity index (χ3v) is 4.39. The van der Waals surface area contributed by atoms with Crippen LogP contribution in [-0.2, 0) is 0 Å². The minimum absolute atomic E-state index is 0.132. The fourth-order valence-corrected chi connectivity index (χ4v) is 3.09. The van der Waals surface area contributed by atoms with Gasteiger partial charge in [-0.2, -0.15) is 0 Å². The maximum absolute atomic E-state index is 12.5. The van der Waals surface area contributed by atoms with Gasteiger partial charge in [0.2, 0.25) is 0 Å². The van der Waals surface area contributed by atoms with Gasteiger partial charge >= 0.3 is 0 Å². The summed E-state index contributed by atoms with van der Waals surface area (Å²) in [6.45, 7) is 2.01. The third-order valence-electron chi connectivity index (χ3n) is 3.88. The topological polar surface area (TPSA) is 45.2 Å². The second-order valence-electron chi connectivity index (χ2n) is 5.48. The van der Waals surface area contributed by atoms with E-state index in [1.54, 1.807) is 12.1 Å². The van der Waals surface area contributed by atoms with Crippen LogP contribution in [0.2, 0.25) is 10.2 Å².